The monoisotopic (exact) mass is 332 g/mol. The topological polar surface area (TPSA) is 36.9 Å². The third-order valence-electron chi connectivity index (χ3n) is 3.12. The molecule has 0 saturated carbocycles. The second-order valence-corrected chi connectivity index (χ2v) is 4.41. The van der Waals surface area contributed by atoms with Gasteiger partial charge in [-0.1, -0.05) is 12.2 Å². The van der Waals surface area contributed by atoms with E-state index in [1.807, 2.05) is 49.4 Å². The highest BCUT2D eigenvalue weighted by Gasteiger charge is 2.04. The molecule has 4 nitrogen and oxygen atoms in total. The number of hydrogen-bond acceptors (Lipinski definition) is 4. The van der Waals surface area contributed by atoms with Crippen molar-refractivity contribution in [2.24, 2.45) is 0 Å². The maximum absolute atomic E-state index is 5.39. The summed E-state index contributed by atoms with van der Waals surface area (Å²) < 4.78 is 21.1. The van der Waals surface area contributed by atoms with Crippen LogP contribution in [0.15, 0.2) is 60.9 Å². The number of allylic oxidation sites excluding steroid dienone is 2. The van der Waals surface area contributed by atoms with Crippen LogP contribution in [0.1, 0.15) is 12.5 Å². The molecule has 4 heteroatoms. The normalized spacial score (nSPS) is 11.7. The molecule has 1 rings (SSSR count). The summed E-state index contributed by atoms with van der Waals surface area (Å²) in [4.78, 5) is 0. The Kier molecular flexibility index (Phi) is 11.7. The van der Waals surface area contributed by atoms with Gasteiger partial charge in [0.05, 0.1) is 27.9 Å². The highest BCUT2D eigenvalue weighted by molar-refractivity contribution is 5.62. The van der Waals surface area contributed by atoms with Gasteiger partial charge in [0.25, 0.3) is 0 Å². The summed E-state index contributed by atoms with van der Waals surface area (Å²) in [5.74, 6) is 2.30. The van der Waals surface area contributed by atoms with E-state index in [0.717, 1.165) is 28.4 Å². The molecule has 1 aromatic rings. The van der Waals surface area contributed by atoms with E-state index in [2.05, 4.69) is 13.2 Å². The summed E-state index contributed by atoms with van der Waals surface area (Å²) in [5.41, 5.74) is 1.91. The molecule has 0 unspecified atom stereocenters. The predicted molar refractivity (Wildman–Crippen MR) is 101 cm³/mol. The first kappa shape index (κ1) is 21.5. The van der Waals surface area contributed by atoms with Crippen molar-refractivity contribution in [1.29, 1.82) is 0 Å². The van der Waals surface area contributed by atoms with Gasteiger partial charge in [-0.05, 0) is 31.2 Å². The van der Waals surface area contributed by atoms with E-state index in [-0.39, 0.29) is 0 Å². The van der Waals surface area contributed by atoms with Gasteiger partial charge in [0, 0.05) is 24.3 Å². The molecular weight excluding hydrogens is 304 g/mol. The van der Waals surface area contributed by atoms with Gasteiger partial charge in [-0.15, -0.1) is 13.2 Å². The predicted octanol–water partition coefficient (Wildman–Crippen LogP) is 4.64. The third kappa shape index (κ3) is 6.75. The number of methoxy groups -OCH3 is 4. The molecule has 0 aliphatic carbocycles. The molecule has 0 spiro atoms. The molecule has 0 bridgehead atoms. The van der Waals surface area contributed by atoms with Crippen LogP contribution in [0.2, 0.25) is 0 Å². The molecule has 1 aromatic carbocycles. The van der Waals surface area contributed by atoms with Crippen LogP contribution in [0.3, 0.4) is 0 Å². The van der Waals surface area contributed by atoms with Crippen LogP contribution in [0.4, 0.5) is 0 Å². The Hall–Kier alpha value is -2.46. The van der Waals surface area contributed by atoms with Gasteiger partial charge < -0.3 is 18.9 Å². The van der Waals surface area contributed by atoms with Crippen LogP contribution >= 0.6 is 0 Å². The molecule has 0 aliphatic rings. The molecule has 0 N–H and O–H groups in total. The van der Waals surface area contributed by atoms with Crippen molar-refractivity contribution >= 4 is 6.08 Å². The van der Waals surface area contributed by atoms with Crippen molar-refractivity contribution in [3.63, 3.8) is 0 Å². The molecule has 0 radical (unpaired) electrons. The Morgan fingerprint density at radius 3 is 2.29 bits per heavy atom. The fraction of sp³-hybridized carbons (Fsp3) is 0.300. The van der Waals surface area contributed by atoms with E-state index in [0.29, 0.717) is 6.61 Å². The fourth-order valence-electron chi connectivity index (χ4n) is 1.96. The number of benzene rings is 1. The Morgan fingerprint density at radius 2 is 1.79 bits per heavy atom. The maximum atomic E-state index is 5.39. The van der Waals surface area contributed by atoms with Gasteiger partial charge in [0.15, 0.2) is 0 Å². The van der Waals surface area contributed by atoms with Crippen molar-refractivity contribution in [3.05, 3.63) is 66.5 Å². The van der Waals surface area contributed by atoms with Gasteiger partial charge in [0.2, 0.25) is 0 Å². The maximum Gasteiger partial charge on any atom is 0.129 e. The molecule has 24 heavy (non-hydrogen) atoms. The largest absolute Gasteiger partial charge is 0.497 e. The molecule has 0 aliphatic heterocycles. The molecule has 0 fully saturated rings. The minimum Gasteiger partial charge on any atom is -0.497 e. The van der Waals surface area contributed by atoms with Gasteiger partial charge in [-0.2, -0.15) is 0 Å². The van der Waals surface area contributed by atoms with E-state index < -0.39 is 0 Å². The van der Waals surface area contributed by atoms with Gasteiger partial charge in [0.1, 0.15) is 17.3 Å². The van der Waals surface area contributed by atoms with E-state index in [1.165, 1.54) is 0 Å². The van der Waals surface area contributed by atoms with E-state index in [9.17, 15) is 0 Å². The highest BCUT2D eigenvalue weighted by Crippen LogP contribution is 2.26. The van der Waals surface area contributed by atoms with Crippen molar-refractivity contribution in [1.82, 2.24) is 0 Å². The zero-order valence-corrected chi connectivity index (χ0v) is 15.3. The molecule has 132 valence electrons. The lowest BCUT2D eigenvalue weighted by Gasteiger charge is -2.09. The molecule has 0 amide bonds. The van der Waals surface area contributed by atoms with Crippen LogP contribution in [-0.2, 0) is 9.47 Å². The zero-order valence-electron chi connectivity index (χ0n) is 15.3. The standard InChI is InChI=1S/C18H24O4.C2H4/c1-6-17(21-4)15(11-12-19-2)8-7-14-9-10-16(20-3)13-18(14)22-5;1-2/h6-11,13H,12H2,1-5H3;1-2H2/b8-7+,15-11-,17-6+;. The summed E-state index contributed by atoms with van der Waals surface area (Å²) in [6.45, 7) is 8.45. The Morgan fingerprint density at radius 1 is 1.08 bits per heavy atom. The van der Waals surface area contributed by atoms with Crippen molar-refractivity contribution in [3.8, 4) is 11.5 Å². The second kappa shape index (κ2) is 13.0. The lowest BCUT2D eigenvalue weighted by molar-refractivity contribution is 0.232. The Labute approximate surface area is 145 Å². The summed E-state index contributed by atoms with van der Waals surface area (Å²) in [6.07, 6.45) is 7.83. The van der Waals surface area contributed by atoms with Crippen LogP contribution in [-0.4, -0.2) is 35.0 Å². The van der Waals surface area contributed by atoms with E-state index >= 15 is 0 Å². The first-order valence-corrected chi connectivity index (χ1v) is 7.50. The summed E-state index contributed by atoms with van der Waals surface area (Å²) >= 11 is 0. The SMILES string of the molecule is C=C.C\C=C(OC)/C(=C\COC)/C=C/c1ccc(OC)cc1OC. The second-order valence-electron chi connectivity index (χ2n) is 4.41. The number of rotatable bonds is 8. The van der Waals surface area contributed by atoms with Crippen molar-refractivity contribution < 1.29 is 18.9 Å². The minimum atomic E-state index is 0.514. The van der Waals surface area contributed by atoms with Crippen LogP contribution in [0.5, 0.6) is 11.5 Å². The molecule has 0 atom stereocenters. The lowest BCUT2D eigenvalue weighted by atomic mass is 10.1. The van der Waals surface area contributed by atoms with Crippen LogP contribution < -0.4 is 9.47 Å². The Bertz CT molecular complexity index is 571. The van der Waals surface area contributed by atoms with Gasteiger partial charge in [-0.3, -0.25) is 0 Å². The number of ether oxygens (including phenoxy) is 4. The van der Waals surface area contributed by atoms with Crippen LogP contribution in [0.25, 0.3) is 6.08 Å². The average molecular weight is 332 g/mol. The Balaban J connectivity index is 0.00000254. The molecule has 0 heterocycles. The van der Waals surface area contributed by atoms with E-state index in [4.69, 9.17) is 18.9 Å². The molecular formula is C20H28O4. The quantitative estimate of drug-likeness (QED) is 0.395. The lowest BCUT2D eigenvalue weighted by Crippen LogP contribution is -1.94. The molecule has 0 aromatic heterocycles. The first-order chi connectivity index (χ1) is 11.7. The summed E-state index contributed by atoms with van der Waals surface area (Å²) in [5, 5.41) is 0. The fourth-order valence-corrected chi connectivity index (χ4v) is 1.96. The van der Waals surface area contributed by atoms with E-state index in [1.54, 1.807) is 28.4 Å². The molecule has 0 saturated heterocycles. The minimum absolute atomic E-state index is 0.514. The van der Waals surface area contributed by atoms with Crippen LogP contribution in [0, 0.1) is 0 Å². The summed E-state index contributed by atoms with van der Waals surface area (Å²) in [6, 6.07) is 5.70. The third-order valence-corrected chi connectivity index (χ3v) is 3.12. The van der Waals surface area contributed by atoms with Gasteiger partial charge >= 0.3 is 0 Å². The zero-order chi connectivity index (χ0) is 18.4. The number of hydrogen-bond donors (Lipinski definition) is 0. The average Bonchev–Trinajstić information content (AvgIpc) is 2.65. The first-order valence-electron chi connectivity index (χ1n) is 7.50. The summed E-state index contributed by atoms with van der Waals surface area (Å²) in [7, 11) is 6.58. The highest BCUT2D eigenvalue weighted by atomic mass is 16.5. The van der Waals surface area contributed by atoms with Gasteiger partial charge in [-0.25, -0.2) is 0 Å². The smallest absolute Gasteiger partial charge is 0.129 e. The van der Waals surface area contributed by atoms with Crippen molar-refractivity contribution in [2.45, 2.75) is 6.92 Å². The van der Waals surface area contributed by atoms with Crippen molar-refractivity contribution in [2.75, 3.05) is 35.0 Å².